The summed E-state index contributed by atoms with van der Waals surface area (Å²) in [4.78, 5) is 12.4. The van der Waals surface area contributed by atoms with Crippen LogP contribution >= 0.6 is 0 Å². The van der Waals surface area contributed by atoms with E-state index in [2.05, 4.69) is 17.2 Å². The molecule has 0 radical (unpaired) electrons. The van der Waals surface area contributed by atoms with Gasteiger partial charge in [-0.3, -0.25) is 16.2 Å². The van der Waals surface area contributed by atoms with Gasteiger partial charge in [0.2, 0.25) is 0 Å². The third-order valence-corrected chi connectivity index (χ3v) is 2.04. The standard InChI is InChI=1S/C10H23N3O2/c1-2-9-15-10-7-13(5-3-8-14)6-4-12-11/h8,12H,2-7,9-11H2,1H3. The molecule has 5 heteroatoms. The predicted octanol–water partition coefficient (Wildman–Crippen LogP) is -0.233. The minimum Gasteiger partial charge on any atom is -0.380 e. The Hall–Kier alpha value is -0.490. The molecule has 0 aliphatic rings. The number of hydrogen-bond acceptors (Lipinski definition) is 5. The zero-order valence-corrected chi connectivity index (χ0v) is 9.58. The van der Waals surface area contributed by atoms with Crippen molar-refractivity contribution in [2.45, 2.75) is 19.8 Å². The second-order valence-electron chi connectivity index (χ2n) is 3.36. The van der Waals surface area contributed by atoms with Gasteiger partial charge in [-0.2, -0.15) is 0 Å². The summed E-state index contributed by atoms with van der Waals surface area (Å²) in [5.74, 6) is 5.20. The van der Waals surface area contributed by atoms with Crippen LogP contribution in [0.1, 0.15) is 19.8 Å². The van der Waals surface area contributed by atoms with Gasteiger partial charge in [0.25, 0.3) is 0 Å². The Kier molecular flexibility index (Phi) is 11.2. The maximum atomic E-state index is 10.3. The van der Waals surface area contributed by atoms with E-state index in [1.807, 2.05) is 0 Å². The minimum absolute atomic E-state index is 0.568. The number of nitrogens with two attached hydrogens (primary N) is 1. The molecule has 0 amide bonds. The molecular weight excluding hydrogens is 194 g/mol. The third-order valence-electron chi connectivity index (χ3n) is 2.04. The number of nitrogens with zero attached hydrogens (tertiary/aromatic N) is 1. The van der Waals surface area contributed by atoms with Crippen molar-refractivity contribution in [1.29, 1.82) is 0 Å². The highest BCUT2D eigenvalue weighted by Crippen LogP contribution is 1.90. The Balaban J connectivity index is 3.53. The number of rotatable bonds is 11. The molecule has 0 saturated carbocycles. The van der Waals surface area contributed by atoms with Gasteiger partial charge in [0.05, 0.1) is 6.61 Å². The van der Waals surface area contributed by atoms with E-state index < -0.39 is 0 Å². The van der Waals surface area contributed by atoms with E-state index >= 15 is 0 Å². The van der Waals surface area contributed by atoms with Crippen LogP contribution in [-0.4, -0.2) is 50.6 Å². The first-order valence-corrected chi connectivity index (χ1v) is 5.52. The number of aldehydes is 1. The van der Waals surface area contributed by atoms with Crippen molar-refractivity contribution in [3.8, 4) is 0 Å². The molecule has 0 atom stereocenters. The minimum atomic E-state index is 0.568. The molecule has 15 heavy (non-hydrogen) atoms. The molecule has 0 aromatic rings. The molecule has 0 heterocycles. The summed E-state index contributed by atoms with van der Waals surface area (Å²) in [6.07, 6.45) is 2.55. The Morgan fingerprint density at radius 2 is 2.13 bits per heavy atom. The lowest BCUT2D eigenvalue weighted by atomic mass is 10.4. The summed E-state index contributed by atoms with van der Waals surface area (Å²) in [6, 6.07) is 0. The molecule has 0 unspecified atom stereocenters. The Labute approximate surface area is 91.9 Å². The van der Waals surface area contributed by atoms with Crippen molar-refractivity contribution in [2.24, 2.45) is 5.84 Å². The molecule has 90 valence electrons. The van der Waals surface area contributed by atoms with Crippen LogP contribution in [0.2, 0.25) is 0 Å². The molecular formula is C10H23N3O2. The Morgan fingerprint density at radius 3 is 2.73 bits per heavy atom. The molecule has 0 aromatic heterocycles. The van der Waals surface area contributed by atoms with Crippen molar-refractivity contribution in [2.75, 3.05) is 39.4 Å². The second kappa shape index (κ2) is 11.6. The lowest BCUT2D eigenvalue weighted by molar-refractivity contribution is -0.108. The average molecular weight is 217 g/mol. The molecule has 0 aliphatic heterocycles. The molecule has 3 N–H and O–H groups in total. The van der Waals surface area contributed by atoms with Crippen LogP contribution < -0.4 is 11.3 Å². The van der Waals surface area contributed by atoms with E-state index in [-0.39, 0.29) is 0 Å². The van der Waals surface area contributed by atoms with Crippen molar-refractivity contribution in [3.63, 3.8) is 0 Å². The van der Waals surface area contributed by atoms with Gasteiger partial charge in [0.1, 0.15) is 6.29 Å². The van der Waals surface area contributed by atoms with Crippen LogP contribution in [0, 0.1) is 0 Å². The first-order valence-electron chi connectivity index (χ1n) is 5.52. The number of hydrazine groups is 1. The van der Waals surface area contributed by atoms with Crippen LogP contribution in [-0.2, 0) is 9.53 Å². The SMILES string of the molecule is CCCOCCN(CCC=O)CCNN. The molecule has 0 rings (SSSR count). The Bertz CT molecular complexity index is 145. The van der Waals surface area contributed by atoms with E-state index in [9.17, 15) is 4.79 Å². The average Bonchev–Trinajstić information content (AvgIpc) is 2.27. The summed E-state index contributed by atoms with van der Waals surface area (Å²) < 4.78 is 5.39. The summed E-state index contributed by atoms with van der Waals surface area (Å²) in [5, 5.41) is 0. The zero-order chi connectivity index (χ0) is 11.4. The highest BCUT2D eigenvalue weighted by molar-refractivity contribution is 5.49. The van der Waals surface area contributed by atoms with Crippen molar-refractivity contribution in [1.82, 2.24) is 10.3 Å². The fraction of sp³-hybridized carbons (Fsp3) is 0.900. The van der Waals surface area contributed by atoms with Crippen LogP contribution in [0.15, 0.2) is 0 Å². The van der Waals surface area contributed by atoms with Gasteiger partial charge >= 0.3 is 0 Å². The zero-order valence-electron chi connectivity index (χ0n) is 9.58. The molecule has 5 nitrogen and oxygen atoms in total. The summed E-state index contributed by atoms with van der Waals surface area (Å²) in [7, 11) is 0. The number of hydrogen-bond donors (Lipinski definition) is 2. The lowest BCUT2D eigenvalue weighted by Gasteiger charge is -2.20. The van der Waals surface area contributed by atoms with Crippen molar-refractivity contribution < 1.29 is 9.53 Å². The third kappa shape index (κ3) is 9.81. The van der Waals surface area contributed by atoms with Gasteiger partial charge in [0.15, 0.2) is 0 Å². The van der Waals surface area contributed by atoms with Crippen LogP contribution in [0.5, 0.6) is 0 Å². The van der Waals surface area contributed by atoms with E-state index in [0.717, 1.165) is 52.1 Å². The first-order chi connectivity index (χ1) is 7.35. The highest BCUT2D eigenvalue weighted by Gasteiger charge is 2.03. The quantitative estimate of drug-likeness (QED) is 0.216. The fourth-order valence-corrected chi connectivity index (χ4v) is 1.23. The van der Waals surface area contributed by atoms with Crippen molar-refractivity contribution >= 4 is 6.29 Å². The molecule has 0 saturated heterocycles. The molecule has 0 fully saturated rings. The van der Waals surface area contributed by atoms with Gasteiger partial charge in [-0.25, -0.2) is 0 Å². The monoisotopic (exact) mass is 217 g/mol. The Morgan fingerprint density at radius 1 is 1.33 bits per heavy atom. The first kappa shape index (κ1) is 14.5. The fourth-order valence-electron chi connectivity index (χ4n) is 1.23. The van der Waals surface area contributed by atoms with Gasteiger partial charge in [0, 0.05) is 39.2 Å². The molecule has 0 spiro atoms. The van der Waals surface area contributed by atoms with Crippen LogP contribution in [0.25, 0.3) is 0 Å². The van der Waals surface area contributed by atoms with Gasteiger partial charge in [-0.1, -0.05) is 6.92 Å². The number of carbonyl (C=O) groups is 1. The molecule has 0 aliphatic carbocycles. The second-order valence-corrected chi connectivity index (χ2v) is 3.36. The largest absolute Gasteiger partial charge is 0.380 e. The van der Waals surface area contributed by atoms with Gasteiger partial charge in [-0.15, -0.1) is 0 Å². The topological polar surface area (TPSA) is 67.6 Å². The number of nitrogens with one attached hydrogen (secondary N) is 1. The van der Waals surface area contributed by atoms with E-state index in [0.29, 0.717) is 6.42 Å². The number of ether oxygens (including phenoxy) is 1. The summed E-state index contributed by atoms with van der Waals surface area (Å²) in [6.45, 7) is 6.82. The maximum absolute atomic E-state index is 10.3. The smallest absolute Gasteiger partial charge is 0.121 e. The van der Waals surface area contributed by atoms with E-state index in [1.54, 1.807) is 0 Å². The molecule has 0 aromatic carbocycles. The summed E-state index contributed by atoms with van der Waals surface area (Å²) >= 11 is 0. The maximum Gasteiger partial charge on any atom is 0.121 e. The lowest BCUT2D eigenvalue weighted by Crippen LogP contribution is -2.37. The van der Waals surface area contributed by atoms with Gasteiger partial charge in [-0.05, 0) is 6.42 Å². The molecule has 0 bridgehead atoms. The van der Waals surface area contributed by atoms with E-state index in [1.165, 1.54) is 0 Å². The normalized spacial score (nSPS) is 10.9. The summed E-state index contributed by atoms with van der Waals surface area (Å²) in [5.41, 5.74) is 2.61. The highest BCUT2D eigenvalue weighted by atomic mass is 16.5. The van der Waals surface area contributed by atoms with Crippen molar-refractivity contribution in [3.05, 3.63) is 0 Å². The van der Waals surface area contributed by atoms with Gasteiger partial charge < -0.3 is 9.53 Å². The predicted molar refractivity (Wildman–Crippen MR) is 60.4 cm³/mol. The van der Waals surface area contributed by atoms with E-state index in [4.69, 9.17) is 10.6 Å². The number of carbonyl (C=O) groups excluding carboxylic acids is 1. The van der Waals surface area contributed by atoms with Crippen LogP contribution in [0.4, 0.5) is 0 Å². The van der Waals surface area contributed by atoms with Crippen LogP contribution in [0.3, 0.4) is 0 Å².